The Morgan fingerprint density at radius 2 is 1.38 bits per heavy atom. The van der Waals surface area contributed by atoms with Gasteiger partial charge < -0.3 is 18.6 Å². The largest absolute Gasteiger partial charge is 0.534 e. The third-order valence-electron chi connectivity index (χ3n) is 7.39. The number of carbonyl (C=O) groups excluding carboxylic acids is 2. The van der Waals surface area contributed by atoms with Crippen molar-refractivity contribution in [2.45, 2.75) is 18.7 Å². The van der Waals surface area contributed by atoms with Crippen LogP contribution in [0.5, 0.6) is 5.75 Å². The average Bonchev–Trinajstić information content (AvgIpc) is 3.47. The molecule has 0 saturated carbocycles. The van der Waals surface area contributed by atoms with E-state index in [1.165, 1.54) is 6.07 Å². The molecule has 5 aromatic carbocycles. The number of nitrogens with one attached hydrogen (secondary N) is 2. The zero-order valence-electron chi connectivity index (χ0n) is 25.6. The summed E-state index contributed by atoms with van der Waals surface area (Å²) in [5.74, 6) is -0.877. The lowest BCUT2D eigenvalue weighted by molar-refractivity contribution is -0.0499. The highest BCUT2D eigenvalue weighted by Crippen LogP contribution is 2.47. The number of rotatable bonds is 8. The van der Waals surface area contributed by atoms with E-state index < -0.39 is 33.6 Å². The van der Waals surface area contributed by atoms with Gasteiger partial charge in [-0.1, -0.05) is 107 Å². The number of H-pyrrole nitrogens is 1. The van der Waals surface area contributed by atoms with Crippen molar-refractivity contribution in [3.05, 3.63) is 131 Å². The van der Waals surface area contributed by atoms with Crippen molar-refractivity contribution >= 4 is 65.7 Å². The molecule has 0 bridgehead atoms. The minimum atomic E-state index is -6.15. The van der Waals surface area contributed by atoms with E-state index in [1.807, 2.05) is 0 Å². The van der Waals surface area contributed by atoms with Gasteiger partial charge in [-0.3, -0.25) is 0 Å². The number of ether oxygens (including phenoxy) is 2. The van der Waals surface area contributed by atoms with Crippen LogP contribution in [-0.2, 0) is 32.8 Å². The second kappa shape index (κ2) is 14.1. The van der Waals surface area contributed by atoms with Crippen molar-refractivity contribution in [2.75, 3.05) is 5.01 Å². The second-order valence-corrected chi connectivity index (χ2v) is 13.2. The number of para-hydroxylation sites is 1. The maximum atomic E-state index is 13.9. The zero-order chi connectivity index (χ0) is 35.5. The van der Waals surface area contributed by atoms with E-state index in [-0.39, 0.29) is 35.5 Å². The summed E-state index contributed by atoms with van der Waals surface area (Å²) in [5, 5.41) is 1.80. The minimum absolute atomic E-state index is 0.0147. The van der Waals surface area contributed by atoms with E-state index in [9.17, 15) is 31.2 Å². The van der Waals surface area contributed by atoms with Crippen molar-refractivity contribution in [1.82, 2.24) is 10.4 Å². The van der Waals surface area contributed by atoms with Gasteiger partial charge in [-0.05, 0) is 46.2 Å². The van der Waals surface area contributed by atoms with Gasteiger partial charge in [0.25, 0.3) is 0 Å². The number of amides is 2. The summed E-state index contributed by atoms with van der Waals surface area (Å²) >= 11 is 3.38. The van der Waals surface area contributed by atoms with Crippen LogP contribution in [0.1, 0.15) is 11.1 Å². The molecule has 0 fully saturated rings. The van der Waals surface area contributed by atoms with Crippen molar-refractivity contribution in [3.8, 4) is 16.9 Å². The smallest absolute Gasteiger partial charge is 0.443 e. The molecule has 0 saturated heterocycles. The van der Waals surface area contributed by atoms with Crippen LogP contribution in [0, 0.1) is 0 Å². The molecule has 50 heavy (non-hydrogen) atoms. The second-order valence-electron chi connectivity index (χ2n) is 10.7. The fraction of sp³-hybridized carbons (Fsp3) is 0.0857. The lowest BCUT2D eigenvalue weighted by atomic mass is 9.96. The van der Waals surface area contributed by atoms with Gasteiger partial charge in [0.2, 0.25) is 0 Å². The number of aromatic nitrogens is 1. The molecule has 0 radical (unpaired) electrons. The molecule has 10 nitrogen and oxygen atoms in total. The summed E-state index contributed by atoms with van der Waals surface area (Å²) in [6.07, 6.45) is -2.18. The third-order valence-corrected chi connectivity index (χ3v) is 8.85. The van der Waals surface area contributed by atoms with Gasteiger partial charge in [0.15, 0.2) is 5.75 Å². The first kappa shape index (κ1) is 34.3. The van der Waals surface area contributed by atoms with Gasteiger partial charge in [0.05, 0.1) is 0 Å². The van der Waals surface area contributed by atoms with Crippen molar-refractivity contribution in [1.29, 1.82) is 0 Å². The van der Waals surface area contributed by atoms with Gasteiger partial charge in [-0.15, -0.1) is 0 Å². The Labute approximate surface area is 291 Å². The number of alkyl halides is 3. The molecule has 256 valence electrons. The SMILES string of the molecule is O=C(NN(C(=O)OCc1ccccc1)c1[nH]c2ccccc2c1-c1c(OS(=O)(=O)C(F)(F)F)ccc2cc(Br)ccc12)OCc1ccccc1. The van der Waals surface area contributed by atoms with E-state index in [2.05, 4.69) is 26.3 Å². The number of hydrogen-bond donors (Lipinski definition) is 2. The Bertz CT molecular complexity index is 2300. The number of benzene rings is 5. The van der Waals surface area contributed by atoms with E-state index >= 15 is 0 Å². The van der Waals surface area contributed by atoms with Crippen molar-refractivity contribution in [3.63, 3.8) is 0 Å². The van der Waals surface area contributed by atoms with Gasteiger partial charge in [-0.25, -0.2) is 15.0 Å². The van der Waals surface area contributed by atoms with Gasteiger partial charge in [0.1, 0.15) is 19.0 Å². The molecule has 1 aromatic heterocycles. The molecule has 0 aliphatic carbocycles. The first-order valence-electron chi connectivity index (χ1n) is 14.7. The number of carbonyl (C=O) groups is 2. The highest BCUT2D eigenvalue weighted by Gasteiger charge is 2.49. The summed E-state index contributed by atoms with van der Waals surface area (Å²) in [4.78, 5) is 30.1. The molecule has 2 amide bonds. The maximum Gasteiger partial charge on any atom is 0.534 e. The Morgan fingerprint density at radius 1 is 0.760 bits per heavy atom. The van der Waals surface area contributed by atoms with Crippen LogP contribution in [0.15, 0.2) is 120 Å². The topological polar surface area (TPSA) is 127 Å². The lowest BCUT2D eigenvalue weighted by Crippen LogP contribution is -2.47. The average molecular weight is 769 g/mol. The Morgan fingerprint density at radius 3 is 2.04 bits per heavy atom. The molecule has 0 unspecified atom stereocenters. The first-order valence-corrected chi connectivity index (χ1v) is 16.9. The van der Waals surface area contributed by atoms with E-state index in [1.54, 1.807) is 103 Å². The molecule has 1 heterocycles. The van der Waals surface area contributed by atoms with E-state index in [0.29, 0.717) is 36.9 Å². The highest BCUT2D eigenvalue weighted by atomic mass is 79.9. The summed E-state index contributed by atoms with van der Waals surface area (Å²) in [7, 11) is -6.15. The summed E-state index contributed by atoms with van der Waals surface area (Å²) < 4.78 is 81.9. The molecule has 0 spiro atoms. The maximum absolute atomic E-state index is 13.9. The zero-order valence-corrected chi connectivity index (χ0v) is 28.0. The van der Waals surface area contributed by atoms with E-state index in [4.69, 9.17) is 13.7 Å². The number of aromatic amines is 1. The van der Waals surface area contributed by atoms with Crippen molar-refractivity contribution in [2.24, 2.45) is 0 Å². The molecule has 2 N–H and O–H groups in total. The number of anilines is 1. The number of fused-ring (bicyclic) bond motifs is 2. The predicted octanol–water partition coefficient (Wildman–Crippen LogP) is 8.96. The number of hydrogen-bond acceptors (Lipinski definition) is 7. The highest BCUT2D eigenvalue weighted by molar-refractivity contribution is 9.10. The van der Waals surface area contributed by atoms with Crippen molar-refractivity contribution < 1.29 is 44.8 Å². The quantitative estimate of drug-likeness (QED) is 0.0900. The monoisotopic (exact) mass is 767 g/mol. The molecular weight excluding hydrogens is 743 g/mol. The van der Waals surface area contributed by atoms with Crippen LogP contribution in [0.25, 0.3) is 32.8 Å². The summed E-state index contributed by atoms with van der Waals surface area (Å²) in [6.45, 7) is -0.377. The van der Waals surface area contributed by atoms with Crippen LogP contribution in [-0.4, -0.2) is 31.1 Å². The van der Waals surface area contributed by atoms with Gasteiger partial charge in [0, 0.05) is 26.5 Å². The Balaban J connectivity index is 1.52. The molecule has 0 aliphatic rings. The molecule has 0 aliphatic heterocycles. The summed E-state index contributed by atoms with van der Waals surface area (Å²) in [6, 6.07) is 31.3. The Hall–Kier alpha value is -5.54. The van der Waals surface area contributed by atoms with E-state index in [0.717, 1.165) is 6.07 Å². The standard InChI is InChI=1S/C35H25BrF3N3O7S/c36-25-16-17-26-24(19-25)15-18-29(49-50(45,46)35(37,38)39)30(26)31-27-13-7-8-14-28(27)40-32(31)42(34(44)48-21-23-11-5-2-6-12-23)41-33(43)47-20-22-9-3-1-4-10-22/h1-19,40H,20-21H2,(H,41,43). The molecule has 15 heteroatoms. The number of halogens is 4. The third kappa shape index (κ3) is 7.38. The van der Waals surface area contributed by atoms with Crippen LogP contribution in [0.4, 0.5) is 28.6 Å². The number of nitrogens with zero attached hydrogens (tertiary/aromatic N) is 1. The predicted molar refractivity (Wildman–Crippen MR) is 183 cm³/mol. The summed E-state index contributed by atoms with van der Waals surface area (Å²) in [5.41, 5.74) is -1.84. The van der Waals surface area contributed by atoms with Gasteiger partial charge in [-0.2, -0.15) is 26.6 Å². The first-order chi connectivity index (χ1) is 23.9. The number of hydrazine groups is 1. The molecule has 6 aromatic rings. The van der Waals surface area contributed by atoms with Crippen LogP contribution in [0.2, 0.25) is 0 Å². The molecule has 6 rings (SSSR count). The van der Waals surface area contributed by atoms with Gasteiger partial charge >= 0.3 is 27.8 Å². The molecular formula is C35H25BrF3N3O7S. The fourth-order valence-corrected chi connectivity index (χ4v) is 5.99. The van der Waals surface area contributed by atoms with Crippen LogP contribution in [0.3, 0.4) is 0 Å². The fourth-order valence-electron chi connectivity index (χ4n) is 5.15. The normalized spacial score (nSPS) is 11.7. The minimum Gasteiger partial charge on any atom is -0.443 e. The van der Waals surface area contributed by atoms with Crippen LogP contribution < -0.4 is 14.6 Å². The van der Waals surface area contributed by atoms with Crippen LogP contribution >= 0.6 is 15.9 Å². The molecule has 0 atom stereocenters. The lowest BCUT2D eigenvalue weighted by Gasteiger charge is -2.24. The Kier molecular flexibility index (Phi) is 9.70.